The molecule has 0 aromatic heterocycles. The normalized spacial score (nSPS) is 9.82. The number of benzene rings is 2. The number of rotatable bonds is 4. The van der Waals surface area contributed by atoms with Gasteiger partial charge in [0.2, 0.25) is 5.75 Å². The van der Waals surface area contributed by atoms with Crippen molar-refractivity contribution >= 4 is 11.4 Å². The van der Waals surface area contributed by atoms with Gasteiger partial charge in [0.05, 0.1) is 15.9 Å². The standard InChI is InChI=1S/C13H6FN3O5/c14-10-2-1-3-12(9(10)7-15)22-13-5-4-8(16(18)19)6-11(13)17(20)21/h1-6H. The van der Waals surface area contributed by atoms with Gasteiger partial charge in [0, 0.05) is 6.07 Å². The van der Waals surface area contributed by atoms with Crippen molar-refractivity contribution in [1.29, 1.82) is 5.26 Å². The Morgan fingerprint density at radius 3 is 2.41 bits per heavy atom. The number of non-ortho nitro benzene ring substituents is 1. The van der Waals surface area contributed by atoms with Crippen molar-refractivity contribution < 1.29 is 19.0 Å². The van der Waals surface area contributed by atoms with E-state index < -0.39 is 32.6 Å². The van der Waals surface area contributed by atoms with Crippen LogP contribution in [-0.2, 0) is 0 Å². The summed E-state index contributed by atoms with van der Waals surface area (Å²) in [7, 11) is 0. The molecule has 2 rings (SSSR count). The van der Waals surface area contributed by atoms with E-state index in [1.54, 1.807) is 6.07 Å². The first kappa shape index (κ1) is 14.9. The molecule has 0 unspecified atom stereocenters. The number of halogens is 1. The molecule has 110 valence electrons. The predicted octanol–water partition coefficient (Wildman–Crippen LogP) is 3.31. The molecule has 0 N–H and O–H groups in total. The van der Waals surface area contributed by atoms with Gasteiger partial charge < -0.3 is 4.74 Å². The van der Waals surface area contributed by atoms with Gasteiger partial charge >= 0.3 is 5.69 Å². The molecule has 9 heteroatoms. The van der Waals surface area contributed by atoms with Gasteiger partial charge in [0.15, 0.2) is 0 Å². The fourth-order valence-corrected chi connectivity index (χ4v) is 1.66. The highest BCUT2D eigenvalue weighted by Crippen LogP contribution is 2.35. The summed E-state index contributed by atoms with van der Waals surface area (Å²) in [6, 6.07) is 7.89. The van der Waals surface area contributed by atoms with Crippen molar-refractivity contribution in [2.75, 3.05) is 0 Å². The van der Waals surface area contributed by atoms with Gasteiger partial charge in [-0.25, -0.2) is 4.39 Å². The Morgan fingerprint density at radius 1 is 1.09 bits per heavy atom. The zero-order chi connectivity index (χ0) is 16.3. The Hall–Kier alpha value is -3.54. The summed E-state index contributed by atoms with van der Waals surface area (Å²) in [5.41, 5.74) is -1.57. The van der Waals surface area contributed by atoms with Gasteiger partial charge in [0.25, 0.3) is 5.69 Å². The van der Waals surface area contributed by atoms with E-state index >= 15 is 0 Å². The average Bonchev–Trinajstić information content (AvgIpc) is 2.47. The molecule has 0 amide bonds. The van der Waals surface area contributed by atoms with Gasteiger partial charge in [-0.2, -0.15) is 5.26 Å². The quantitative estimate of drug-likeness (QED) is 0.631. The lowest BCUT2D eigenvalue weighted by Gasteiger charge is -2.08. The molecule has 0 bridgehead atoms. The lowest BCUT2D eigenvalue weighted by Crippen LogP contribution is -1.97. The first-order valence-electron chi connectivity index (χ1n) is 5.73. The molecular weight excluding hydrogens is 297 g/mol. The molecule has 0 fully saturated rings. The Balaban J connectivity index is 2.51. The monoisotopic (exact) mass is 303 g/mol. The molecule has 0 aliphatic rings. The van der Waals surface area contributed by atoms with Crippen LogP contribution >= 0.6 is 0 Å². The molecule has 0 saturated heterocycles. The highest BCUT2D eigenvalue weighted by molar-refractivity contribution is 5.56. The van der Waals surface area contributed by atoms with E-state index in [1.807, 2.05) is 0 Å². The second-order valence-corrected chi connectivity index (χ2v) is 3.99. The van der Waals surface area contributed by atoms with Crippen LogP contribution in [0.25, 0.3) is 0 Å². The maximum atomic E-state index is 13.5. The van der Waals surface area contributed by atoms with Crippen LogP contribution in [0.5, 0.6) is 11.5 Å². The van der Waals surface area contributed by atoms with Gasteiger partial charge in [-0.1, -0.05) is 6.07 Å². The summed E-state index contributed by atoms with van der Waals surface area (Å²) in [5.74, 6) is -1.40. The second kappa shape index (κ2) is 5.84. The van der Waals surface area contributed by atoms with Crippen LogP contribution in [0.1, 0.15) is 5.56 Å². The second-order valence-electron chi connectivity index (χ2n) is 3.99. The predicted molar refractivity (Wildman–Crippen MR) is 70.9 cm³/mol. The summed E-state index contributed by atoms with van der Waals surface area (Å²) in [5, 5.41) is 30.5. The van der Waals surface area contributed by atoms with Crippen molar-refractivity contribution in [3.8, 4) is 17.6 Å². The number of nitriles is 1. The molecule has 0 atom stereocenters. The number of ether oxygens (including phenoxy) is 1. The zero-order valence-electron chi connectivity index (χ0n) is 10.7. The van der Waals surface area contributed by atoms with E-state index in [2.05, 4.69) is 0 Å². The van der Waals surface area contributed by atoms with E-state index in [4.69, 9.17) is 10.00 Å². The number of nitrogens with zero attached hydrogens (tertiary/aromatic N) is 3. The molecule has 0 radical (unpaired) electrons. The van der Waals surface area contributed by atoms with E-state index in [-0.39, 0.29) is 11.5 Å². The van der Waals surface area contributed by atoms with Gasteiger partial charge in [0.1, 0.15) is 23.2 Å². The Kier molecular flexibility index (Phi) is 3.94. The fraction of sp³-hybridized carbons (Fsp3) is 0. The van der Waals surface area contributed by atoms with E-state index in [0.717, 1.165) is 24.3 Å². The molecule has 2 aromatic carbocycles. The van der Waals surface area contributed by atoms with Crippen molar-refractivity contribution in [2.45, 2.75) is 0 Å². The summed E-state index contributed by atoms with van der Waals surface area (Å²) in [4.78, 5) is 20.0. The minimum atomic E-state index is -0.867. The minimum absolute atomic E-state index is 0.223. The maximum absolute atomic E-state index is 13.5. The van der Waals surface area contributed by atoms with Crippen LogP contribution in [0.4, 0.5) is 15.8 Å². The third-order valence-electron chi connectivity index (χ3n) is 2.66. The van der Waals surface area contributed by atoms with Crippen LogP contribution in [-0.4, -0.2) is 9.85 Å². The van der Waals surface area contributed by atoms with E-state index in [1.165, 1.54) is 12.1 Å². The topological polar surface area (TPSA) is 119 Å². The molecule has 8 nitrogen and oxygen atoms in total. The molecule has 2 aromatic rings. The molecule has 0 heterocycles. The number of nitro groups is 2. The maximum Gasteiger partial charge on any atom is 0.318 e. The van der Waals surface area contributed by atoms with Crippen molar-refractivity contribution in [2.24, 2.45) is 0 Å². The van der Waals surface area contributed by atoms with E-state index in [0.29, 0.717) is 0 Å². The average molecular weight is 303 g/mol. The summed E-state index contributed by atoms with van der Waals surface area (Å²) in [6.07, 6.45) is 0. The van der Waals surface area contributed by atoms with Crippen LogP contribution in [0, 0.1) is 37.4 Å². The molecule has 0 aliphatic heterocycles. The first-order valence-corrected chi connectivity index (χ1v) is 5.73. The third kappa shape index (κ3) is 2.80. The zero-order valence-corrected chi connectivity index (χ0v) is 10.7. The fourth-order valence-electron chi connectivity index (χ4n) is 1.66. The Bertz CT molecular complexity index is 816. The van der Waals surface area contributed by atoms with Crippen molar-refractivity contribution in [3.63, 3.8) is 0 Å². The number of nitro benzene ring substituents is 2. The van der Waals surface area contributed by atoms with Gasteiger partial charge in [-0.3, -0.25) is 20.2 Å². The third-order valence-corrected chi connectivity index (χ3v) is 2.66. The smallest absolute Gasteiger partial charge is 0.318 e. The van der Waals surface area contributed by atoms with E-state index in [9.17, 15) is 24.6 Å². The molecule has 0 spiro atoms. The summed E-state index contributed by atoms with van der Waals surface area (Å²) in [6.45, 7) is 0. The lowest BCUT2D eigenvalue weighted by atomic mass is 10.2. The molecular formula is C13H6FN3O5. The van der Waals surface area contributed by atoms with Crippen LogP contribution in [0.3, 0.4) is 0 Å². The van der Waals surface area contributed by atoms with Gasteiger partial charge in [-0.15, -0.1) is 0 Å². The first-order chi connectivity index (χ1) is 10.4. The van der Waals surface area contributed by atoms with Gasteiger partial charge in [-0.05, 0) is 18.2 Å². The Labute approximate surface area is 122 Å². The highest BCUT2D eigenvalue weighted by Gasteiger charge is 2.22. The van der Waals surface area contributed by atoms with Crippen molar-refractivity contribution in [3.05, 3.63) is 68.0 Å². The summed E-state index contributed by atoms with van der Waals surface area (Å²) >= 11 is 0. The number of hydrogen-bond acceptors (Lipinski definition) is 6. The van der Waals surface area contributed by atoms with Crippen LogP contribution < -0.4 is 4.74 Å². The lowest BCUT2D eigenvalue weighted by molar-refractivity contribution is -0.394. The van der Waals surface area contributed by atoms with Crippen LogP contribution in [0.2, 0.25) is 0 Å². The minimum Gasteiger partial charge on any atom is -0.449 e. The molecule has 0 aliphatic carbocycles. The van der Waals surface area contributed by atoms with Crippen LogP contribution in [0.15, 0.2) is 36.4 Å². The highest BCUT2D eigenvalue weighted by atomic mass is 19.1. The molecule has 22 heavy (non-hydrogen) atoms. The van der Waals surface area contributed by atoms with Crippen molar-refractivity contribution in [1.82, 2.24) is 0 Å². The number of hydrogen-bond donors (Lipinski definition) is 0. The largest absolute Gasteiger partial charge is 0.449 e. The summed E-state index contributed by atoms with van der Waals surface area (Å²) < 4.78 is 18.6. The SMILES string of the molecule is N#Cc1c(F)cccc1Oc1ccc([N+](=O)[O-])cc1[N+](=O)[O-]. The Morgan fingerprint density at radius 2 is 1.82 bits per heavy atom. The molecule has 0 saturated carbocycles.